The zero-order valence-corrected chi connectivity index (χ0v) is 20.9. The number of amides is 2. The fourth-order valence-corrected chi connectivity index (χ4v) is 5.51. The number of likely N-dealkylation sites (tertiary alicyclic amines) is 1. The smallest absolute Gasteiger partial charge is 0.317 e. The Morgan fingerprint density at radius 2 is 1.64 bits per heavy atom. The molecular weight excluding hydrogens is 426 g/mol. The highest BCUT2D eigenvalue weighted by Crippen LogP contribution is 2.25. The molecule has 4 rings (SSSR count). The van der Waals surface area contributed by atoms with Crippen molar-refractivity contribution in [2.75, 3.05) is 25.0 Å². The van der Waals surface area contributed by atoms with Crippen LogP contribution in [0, 0.1) is 6.92 Å². The molecule has 5 heteroatoms. The van der Waals surface area contributed by atoms with Gasteiger partial charge >= 0.3 is 6.03 Å². The Balaban J connectivity index is 1.46. The van der Waals surface area contributed by atoms with Gasteiger partial charge in [0.25, 0.3) is 0 Å². The van der Waals surface area contributed by atoms with Gasteiger partial charge < -0.3 is 4.90 Å². The molecule has 0 bridgehead atoms. The van der Waals surface area contributed by atoms with E-state index in [1.807, 2.05) is 48.7 Å². The van der Waals surface area contributed by atoms with Gasteiger partial charge in [-0.1, -0.05) is 55.0 Å². The number of carbonyl (C=O) groups excluding carboxylic acids is 1. The van der Waals surface area contributed by atoms with Crippen molar-refractivity contribution >= 4 is 23.1 Å². The number of carbonyl (C=O) groups is 1. The number of hydrogen-bond acceptors (Lipinski definition) is 3. The van der Waals surface area contributed by atoms with Crippen molar-refractivity contribution in [1.82, 2.24) is 9.80 Å². The quantitative estimate of drug-likeness (QED) is 0.410. The molecule has 0 unspecified atom stereocenters. The Labute approximate surface area is 202 Å². The van der Waals surface area contributed by atoms with E-state index in [1.165, 1.54) is 20.9 Å². The standard InChI is InChI=1S/C28H35N3OS/c1-4-26-14-15-27(33-26)21-30-18-16-25(17-19-30)31(20-23-12-10-22(2)11-13-23)28(32)29(3)24-8-6-5-7-9-24/h5-15,25H,4,16-21H2,1-3H3. The van der Waals surface area contributed by atoms with E-state index >= 15 is 0 Å². The Morgan fingerprint density at radius 1 is 0.970 bits per heavy atom. The summed E-state index contributed by atoms with van der Waals surface area (Å²) >= 11 is 1.93. The maximum Gasteiger partial charge on any atom is 0.324 e. The van der Waals surface area contributed by atoms with Crippen LogP contribution in [0.5, 0.6) is 0 Å². The second-order valence-electron chi connectivity index (χ2n) is 9.02. The number of piperidine rings is 1. The molecule has 0 N–H and O–H groups in total. The molecule has 1 aromatic heterocycles. The Kier molecular flexibility index (Phi) is 7.84. The summed E-state index contributed by atoms with van der Waals surface area (Å²) in [5, 5.41) is 0. The summed E-state index contributed by atoms with van der Waals surface area (Å²) in [6.45, 7) is 8.03. The van der Waals surface area contributed by atoms with Gasteiger partial charge in [0.1, 0.15) is 0 Å². The summed E-state index contributed by atoms with van der Waals surface area (Å²) in [6, 6.07) is 23.4. The molecule has 2 amide bonds. The van der Waals surface area contributed by atoms with Gasteiger partial charge in [0.2, 0.25) is 0 Å². The molecule has 0 atom stereocenters. The number of para-hydroxylation sites is 1. The number of nitrogens with zero attached hydrogens (tertiary/aromatic N) is 3. The van der Waals surface area contributed by atoms with Gasteiger partial charge in [-0.3, -0.25) is 9.80 Å². The van der Waals surface area contributed by atoms with Crippen molar-refractivity contribution in [2.24, 2.45) is 0 Å². The number of hydrogen-bond donors (Lipinski definition) is 0. The maximum absolute atomic E-state index is 13.7. The van der Waals surface area contributed by atoms with Gasteiger partial charge in [0.15, 0.2) is 0 Å². The number of aryl methyl sites for hydroxylation is 2. The molecule has 3 aromatic rings. The van der Waals surface area contributed by atoms with Crippen LogP contribution in [0.3, 0.4) is 0 Å². The summed E-state index contributed by atoms with van der Waals surface area (Å²) in [5.41, 5.74) is 3.35. The van der Waals surface area contributed by atoms with Gasteiger partial charge in [0, 0.05) is 54.7 Å². The highest BCUT2D eigenvalue weighted by atomic mass is 32.1. The second-order valence-corrected chi connectivity index (χ2v) is 10.3. The number of rotatable bonds is 7. The fraction of sp³-hybridized carbons (Fsp3) is 0.393. The van der Waals surface area contributed by atoms with Crippen LogP contribution in [0.1, 0.15) is 40.6 Å². The molecule has 33 heavy (non-hydrogen) atoms. The first-order valence-electron chi connectivity index (χ1n) is 12.0. The average Bonchev–Trinajstić information content (AvgIpc) is 3.31. The minimum absolute atomic E-state index is 0.0751. The van der Waals surface area contributed by atoms with E-state index in [0.29, 0.717) is 6.54 Å². The number of anilines is 1. The molecule has 0 saturated carbocycles. The van der Waals surface area contributed by atoms with E-state index in [2.05, 4.69) is 60.0 Å². The molecule has 2 aromatic carbocycles. The van der Waals surface area contributed by atoms with E-state index in [0.717, 1.165) is 44.6 Å². The number of benzene rings is 2. The van der Waals surface area contributed by atoms with E-state index in [1.54, 1.807) is 4.90 Å². The van der Waals surface area contributed by atoms with Gasteiger partial charge in [-0.25, -0.2) is 4.79 Å². The lowest BCUT2D eigenvalue weighted by Gasteiger charge is -2.40. The molecule has 1 saturated heterocycles. The molecule has 0 aliphatic carbocycles. The molecule has 1 aliphatic heterocycles. The minimum Gasteiger partial charge on any atom is -0.317 e. The highest BCUT2D eigenvalue weighted by molar-refractivity contribution is 7.11. The molecule has 4 nitrogen and oxygen atoms in total. The van der Waals surface area contributed by atoms with Crippen LogP contribution in [0.15, 0.2) is 66.7 Å². The zero-order valence-electron chi connectivity index (χ0n) is 20.0. The van der Waals surface area contributed by atoms with Crippen molar-refractivity contribution in [3.05, 3.63) is 87.6 Å². The number of urea groups is 1. The third kappa shape index (κ3) is 6.04. The molecule has 174 valence electrons. The van der Waals surface area contributed by atoms with E-state index in [-0.39, 0.29) is 12.1 Å². The normalized spacial score (nSPS) is 14.9. The first-order valence-corrected chi connectivity index (χ1v) is 12.8. The predicted molar refractivity (Wildman–Crippen MR) is 139 cm³/mol. The average molecular weight is 462 g/mol. The SMILES string of the molecule is CCc1ccc(CN2CCC(N(Cc3ccc(C)cc3)C(=O)N(C)c3ccccc3)CC2)s1. The summed E-state index contributed by atoms with van der Waals surface area (Å²) in [7, 11) is 1.89. The summed E-state index contributed by atoms with van der Waals surface area (Å²) in [6.07, 6.45) is 3.12. The summed E-state index contributed by atoms with van der Waals surface area (Å²) in [4.78, 5) is 23.0. The zero-order chi connectivity index (χ0) is 23.2. The first-order chi connectivity index (χ1) is 16.0. The predicted octanol–water partition coefficient (Wildman–Crippen LogP) is 6.34. The van der Waals surface area contributed by atoms with Crippen LogP contribution in [-0.2, 0) is 19.5 Å². The number of thiophene rings is 1. The lowest BCUT2D eigenvalue weighted by molar-refractivity contribution is 0.117. The van der Waals surface area contributed by atoms with Gasteiger partial charge in [-0.05, 0) is 56.0 Å². The Morgan fingerprint density at radius 3 is 2.27 bits per heavy atom. The van der Waals surface area contributed by atoms with Crippen LogP contribution in [0.4, 0.5) is 10.5 Å². The molecule has 1 fully saturated rings. The van der Waals surface area contributed by atoms with E-state index in [9.17, 15) is 4.79 Å². The second kappa shape index (κ2) is 11.0. The lowest BCUT2D eigenvalue weighted by Crippen LogP contribution is -2.50. The molecule has 0 spiro atoms. The van der Waals surface area contributed by atoms with Crippen molar-refractivity contribution in [2.45, 2.75) is 52.2 Å². The van der Waals surface area contributed by atoms with Gasteiger partial charge in [-0.2, -0.15) is 0 Å². The highest BCUT2D eigenvalue weighted by Gasteiger charge is 2.30. The minimum atomic E-state index is 0.0751. The maximum atomic E-state index is 13.7. The first kappa shape index (κ1) is 23.5. The third-order valence-corrected chi connectivity index (χ3v) is 7.81. The van der Waals surface area contributed by atoms with Crippen LogP contribution >= 0.6 is 11.3 Å². The lowest BCUT2D eigenvalue weighted by atomic mass is 10.0. The van der Waals surface area contributed by atoms with Crippen molar-refractivity contribution < 1.29 is 4.79 Å². The molecule has 0 radical (unpaired) electrons. The van der Waals surface area contributed by atoms with Gasteiger partial charge in [0.05, 0.1) is 0 Å². The third-order valence-electron chi connectivity index (χ3n) is 6.59. The monoisotopic (exact) mass is 461 g/mol. The topological polar surface area (TPSA) is 26.8 Å². The van der Waals surface area contributed by atoms with Crippen LogP contribution in [0.25, 0.3) is 0 Å². The Bertz CT molecular complexity index is 1020. The molecular formula is C28H35N3OS. The van der Waals surface area contributed by atoms with Crippen LogP contribution in [-0.4, -0.2) is 42.0 Å². The largest absolute Gasteiger partial charge is 0.324 e. The summed E-state index contributed by atoms with van der Waals surface area (Å²) in [5.74, 6) is 0. The van der Waals surface area contributed by atoms with E-state index < -0.39 is 0 Å². The van der Waals surface area contributed by atoms with Gasteiger partial charge in [-0.15, -0.1) is 11.3 Å². The fourth-order valence-electron chi connectivity index (χ4n) is 4.50. The van der Waals surface area contributed by atoms with Crippen molar-refractivity contribution in [3.63, 3.8) is 0 Å². The van der Waals surface area contributed by atoms with E-state index in [4.69, 9.17) is 0 Å². The molecule has 1 aliphatic rings. The molecule has 2 heterocycles. The van der Waals surface area contributed by atoms with Crippen molar-refractivity contribution in [1.29, 1.82) is 0 Å². The summed E-state index contributed by atoms with van der Waals surface area (Å²) < 4.78 is 0. The van der Waals surface area contributed by atoms with Crippen molar-refractivity contribution in [3.8, 4) is 0 Å². The van der Waals surface area contributed by atoms with Crippen LogP contribution < -0.4 is 4.90 Å². The van der Waals surface area contributed by atoms with Crippen LogP contribution in [0.2, 0.25) is 0 Å². The Hall–Kier alpha value is -2.63.